The third-order valence-electron chi connectivity index (χ3n) is 3.78. The molecule has 1 amide bonds. The number of carbonyl (C=O) groups excluding carboxylic acids is 1. The van der Waals surface area contributed by atoms with Gasteiger partial charge in [-0.1, -0.05) is 6.07 Å². The van der Waals surface area contributed by atoms with E-state index in [4.69, 9.17) is 5.26 Å². The molecule has 1 heterocycles. The normalized spacial score (nSPS) is 17.9. The number of benzene rings is 1. The van der Waals surface area contributed by atoms with Gasteiger partial charge in [0.15, 0.2) is 0 Å². The first kappa shape index (κ1) is 14.1. The topological polar surface area (TPSA) is 44.1 Å². The van der Waals surface area contributed by atoms with Crippen LogP contribution in [0.25, 0.3) is 0 Å². The van der Waals surface area contributed by atoms with Gasteiger partial charge in [0, 0.05) is 17.6 Å². The summed E-state index contributed by atoms with van der Waals surface area (Å²) in [5, 5.41) is 9.11. The van der Waals surface area contributed by atoms with Crippen molar-refractivity contribution in [3.8, 4) is 6.07 Å². The molecule has 1 aromatic carbocycles. The van der Waals surface area contributed by atoms with Gasteiger partial charge >= 0.3 is 0 Å². The Morgan fingerprint density at radius 3 is 2.58 bits per heavy atom. The fourth-order valence-corrected chi connectivity index (χ4v) is 2.94. The molecule has 2 rings (SSSR count). The summed E-state index contributed by atoms with van der Waals surface area (Å²) in [6.45, 7) is 5.28. The predicted octanol–water partition coefficient (Wildman–Crippen LogP) is 3.52. The Hall–Kier alpha value is -1.34. The fraction of sp³-hybridized carbons (Fsp3) is 0.467. The van der Waals surface area contributed by atoms with Gasteiger partial charge in [0.2, 0.25) is 0 Å². The van der Waals surface area contributed by atoms with Crippen molar-refractivity contribution in [3.63, 3.8) is 0 Å². The summed E-state index contributed by atoms with van der Waals surface area (Å²) in [6.07, 6.45) is 1.50. The molecule has 100 valence electrons. The molecule has 1 aliphatic heterocycles. The van der Waals surface area contributed by atoms with Gasteiger partial charge in [0.1, 0.15) is 0 Å². The molecule has 0 bridgehead atoms. The molecule has 0 N–H and O–H groups in total. The molecule has 4 heteroatoms. The molecule has 1 fully saturated rings. The number of aryl methyl sites for hydroxylation is 1. The van der Waals surface area contributed by atoms with E-state index in [9.17, 15) is 4.79 Å². The molecular weight excluding hydrogens is 304 g/mol. The first-order chi connectivity index (χ1) is 8.95. The minimum absolute atomic E-state index is 0.0480. The standard InChI is InChI=1S/C15H17BrN2O/c1-11-3-4-12(13(16)9-11)14(19)18-7-5-15(2,10-17)6-8-18/h3-4,9H,5-8H2,1-2H3. The van der Waals surface area contributed by atoms with Crippen molar-refractivity contribution in [3.05, 3.63) is 33.8 Å². The summed E-state index contributed by atoms with van der Waals surface area (Å²) in [7, 11) is 0. The molecular formula is C15H17BrN2O. The second kappa shape index (κ2) is 5.34. The molecule has 19 heavy (non-hydrogen) atoms. The van der Waals surface area contributed by atoms with Gasteiger partial charge in [0.25, 0.3) is 5.91 Å². The number of nitrogens with zero attached hydrogens (tertiary/aromatic N) is 2. The van der Waals surface area contributed by atoms with Crippen LogP contribution in [0.3, 0.4) is 0 Å². The Balaban J connectivity index is 2.12. The largest absolute Gasteiger partial charge is 0.339 e. The molecule has 0 saturated carbocycles. The highest BCUT2D eigenvalue weighted by Gasteiger charge is 2.32. The summed E-state index contributed by atoms with van der Waals surface area (Å²) >= 11 is 3.45. The van der Waals surface area contributed by atoms with Crippen LogP contribution in [0.4, 0.5) is 0 Å². The summed E-state index contributed by atoms with van der Waals surface area (Å²) < 4.78 is 0.839. The summed E-state index contributed by atoms with van der Waals surface area (Å²) in [5.74, 6) is 0.0480. The number of rotatable bonds is 1. The number of halogens is 1. The average Bonchev–Trinajstić information content (AvgIpc) is 2.39. The number of nitriles is 1. The van der Waals surface area contributed by atoms with Crippen LogP contribution >= 0.6 is 15.9 Å². The van der Waals surface area contributed by atoms with Crippen LogP contribution in [0.15, 0.2) is 22.7 Å². The molecule has 1 aromatic rings. The molecule has 3 nitrogen and oxygen atoms in total. The van der Waals surface area contributed by atoms with E-state index in [2.05, 4.69) is 22.0 Å². The van der Waals surface area contributed by atoms with E-state index >= 15 is 0 Å². The van der Waals surface area contributed by atoms with Crippen LogP contribution < -0.4 is 0 Å². The van der Waals surface area contributed by atoms with Crippen molar-refractivity contribution in [1.29, 1.82) is 5.26 Å². The van der Waals surface area contributed by atoms with Gasteiger partial charge in [-0.15, -0.1) is 0 Å². The number of carbonyl (C=O) groups is 1. The van der Waals surface area contributed by atoms with Crippen molar-refractivity contribution in [1.82, 2.24) is 4.90 Å². The SMILES string of the molecule is Cc1ccc(C(=O)N2CCC(C)(C#N)CC2)c(Br)c1. The van der Waals surface area contributed by atoms with Crippen molar-refractivity contribution < 1.29 is 4.79 Å². The van der Waals surface area contributed by atoms with Gasteiger partial charge in [-0.25, -0.2) is 0 Å². The van der Waals surface area contributed by atoms with Crippen molar-refractivity contribution in [2.45, 2.75) is 26.7 Å². The Labute approximate surface area is 122 Å². The predicted molar refractivity (Wildman–Crippen MR) is 77.7 cm³/mol. The third-order valence-corrected chi connectivity index (χ3v) is 4.44. The van der Waals surface area contributed by atoms with Gasteiger partial charge in [-0.2, -0.15) is 5.26 Å². The van der Waals surface area contributed by atoms with Crippen LogP contribution in [0.1, 0.15) is 35.7 Å². The number of piperidine rings is 1. The maximum Gasteiger partial charge on any atom is 0.254 e. The maximum atomic E-state index is 12.4. The fourth-order valence-electron chi connectivity index (χ4n) is 2.28. The van der Waals surface area contributed by atoms with Gasteiger partial charge in [-0.05, 0) is 60.3 Å². The maximum absolute atomic E-state index is 12.4. The Kier molecular flexibility index (Phi) is 3.96. The molecule has 1 saturated heterocycles. The second-order valence-electron chi connectivity index (χ2n) is 5.45. The summed E-state index contributed by atoms with van der Waals surface area (Å²) in [5.41, 5.74) is 1.55. The zero-order valence-electron chi connectivity index (χ0n) is 11.2. The zero-order valence-corrected chi connectivity index (χ0v) is 12.8. The van der Waals surface area contributed by atoms with Crippen molar-refractivity contribution in [2.24, 2.45) is 5.41 Å². The van der Waals surface area contributed by atoms with E-state index in [1.54, 1.807) is 0 Å². The van der Waals surface area contributed by atoms with Gasteiger partial charge in [0.05, 0.1) is 17.0 Å². The lowest BCUT2D eigenvalue weighted by Crippen LogP contribution is -2.41. The number of hydrogen-bond acceptors (Lipinski definition) is 2. The number of amides is 1. The lowest BCUT2D eigenvalue weighted by atomic mass is 9.82. The molecule has 0 aliphatic carbocycles. The molecule has 1 aliphatic rings. The van der Waals surface area contributed by atoms with E-state index in [1.807, 2.05) is 36.9 Å². The molecule has 0 unspecified atom stereocenters. The smallest absolute Gasteiger partial charge is 0.254 e. The quantitative estimate of drug-likeness (QED) is 0.794. The highest BCUT2D eigenvalue weighted by molar-refractivity contribution is 9.10. The Bertz CT molecular complexity index is 540. The van der Waals surface area contributed by atoms with E-state index in [0.29, 0.717) is 18.7 Å². The lowest BCUT2D eigenvalue weighted by Gasteiger charge is -2.35. The second-order valence-corrected chi connectivity index (χ2v) is 6.30. The Morgan fingerprint density at radius 2 is 2.05 bits per heavy atom. The highest BCUT2D eigenvalue weighted by atomic mass is 79.9. The minimum atomic E-state index is -0.276. The first-order valence-corrected chi connectivity index (χ1v) is 7.21. The van der Waals surface area contributed by atoms with E-state index < -0.39 is 0 Å². The Morgan fingerprint density at radius 1 is 1.42 bits per heavy atom. The van der Waals surface area contributed by atoms with E-state index in [-0.39, 0.29) is 11.3 Å². The van der Waals surface area contributed by atoms with Crippen LogP contribution in [0.2, 0.25) is 0 Å². The van der Waals surface area contributed by atoms with E-state index in [0.717, 1.165) is 22.9 Å². The van der Waals surface area contributed by atoms with Crippen molar-refractivity contribution >= 4 is 21.8 Å². The van der Waals surface area contributed by atoms with Crippen LogP contribution in [0, 0.1) is 23.7 Å². The van der Waals surface area contributed by atoms with E-state index in [1.165, 1.54) is 0 Å². The number of hydrogen-bond donors (Lipinski definition) is 0. The summed E-state index contributed by atoms with van der Waals surface area (Å²) in [6, 6.07) is 8.11. The van der Waals surface area contributed by atoms with Crippen molar-refractivity contribution in [2.75, 3.05) is 13.1 Å². The molecule has 0 radical (unpaired) electrons. The van der Waals surface area contributed by atoms with Crippen LogP contribution in [0.5, 0.6) is 0 Å². The average molecular weight is 321 g/mol. The van der Waals surface area contributed by atoms with Gasteiger partial charge < -0.3 is 4.90 Å². The van der Waals surface area contributed by atoms with Gasteiger partial charge in [-0.3, -0.25) is 4.79 Å². The third kappa shape index (κ3) is 2.98. The molecule has 0 atom stereocenters. The highest BCUT2D eigenvalue weighted by Crippen LogP contribution is 2.31. The lowest BCUT2D eigenvalue weighted by molar-refractivity contribution is 0.0661. The minimum Gasteiger partial charge on any atom is -0.339 e. The van der Waals surface area contributed by atoms with Crippen LogP contribution in [-0.2, 0) is 0 Å². The number of likely N-dealkylation sites (tertiary alicyclic amines) is 1. The zero-order chi connectivity index (χ0) is 14.0. The molecule has 0 spiro atoms. The first-order valence-electron chi connectivity index (χ1n) is 6.42. The summed E-state index contributed by atoms with van der Waals surface area (Å²) in [4.78, 5) is 14.3. The monoisotopic (exact) mass is 320 g/mol. The molecule has 0 aromatic heterocycles. The van der Waals surface area contributed by atoms with Crippen LogP contribution in [-0.4, -0.2) is 23.9 Å².